The second-order valence-electron chi connectivity index (χ2n) is 7.79. The van der Waals surface area contributed by atoms with E-state index in [0.29, 0.717) is 25.7 Å². The SMILES string of the molecule is C=COCN(COC=C)c1ccc(Cc2ccc(N(CC3CO3)CC3CO3)cc2)cc1. The summed E-state index contributed by atoms with van der Waals surface area (Å²) in [7, 11) is 0. The van der Waals surface area contributed by atoms with Gasteiger partial charge in [-0.15, -0.1) is 0 Å². The molecule has 0 saturated carbocycles. The summed E-state index contributed by atoms with van der Waals surface area (Å²) in [6.45, 7) is 11.5. The van der Waals surface area contributed by atoms with Gasteiger partial charge in [-0.3, -0.25) is 0 Å². The monoisotopic (exact) mass is 422 g/mol. The lowest BCUT2D eigenvalue weighted by Gasteiger charge is -2.24. The molecule has 2 aromatic carbocycles. The van der Waals surface area contributed by atoms with Crippen LogP contribution in [0.2, 0.25) is 0 Å². The van der Waals surface area contributed by atoms with Crippen molar-refractivity contribution in [2.24, 2.45) is 0 Å². The zero-order chi connectivity index (χ0) is 21.5. The molecule has 0 spiro atoms. The molecule has 0 N–H and O–H groups in total. The molecule has 2 saturated heterocycles. The van der Waals surface area contributed by atoms with E-state index in [-0.39, 0.29) is 0 Å². The first-order chi connectivity index (χ1) is 15.2. The number of nitrogens with zero attached hydrogens (tertiary/aromatic N) is 2. The standard InChI is InChI=1S/C25H30N2O4/c1-3-28-18-27(19-29-4-2)23-11-7-21(8-12-23)13-20-5-9-22(10-6-20)26(14-24-16-30-24)15-25-17-31-25/h3-12,24-25H,1-2,13-19H2. The van der Waals surface area contributed by atoms with Crippen molar-refractivity contribution in [1.82, 2.24) is 0 Å². The van der Waals surface area contributed by atoms with Gasteiger partial charge in [0.25, 0.3) is 0 Å². The topological polar surface area (TPSA) is 50.0 Å². The van der Waals surface area contributed by atoms with E-state index in [0.717, 1.165) is 38.4 Å². The Morgan fingerprint density at radius 2 is 1.16 bits per heavy atom. The van der Waals surface area contributed by atoms with Crippen LogP contribution < -0.4 is 9.80 Å². The van der Waals surface area contributed by atoms with Gasteiger partial charge in [-0.25, -0.2) is 0 Å². The normalized spacial score (nSPS) is 18.7. The largest absolute Gasteiger partial charge is 0.481 e. The lowest BCUT2D eigenvalue weighted by molar-refractivity contribution is 0.187. The molecule has 0 aromatic heterocycles. The number of epoxide rings is 2. The van der Waals surface area contributed by atoms with E-state index in [9.17, 15) is 0 Å². The molecule has 2 aliphatic rings. The number of benzene rings is 2. The Bertz CT molecular complexity index is 819. The molecule has 0 amide bonds. The van der Waals surface area contributed by atoms with Gasteiger partial charge in [-0.05, 0) is 41.8 Å². The van der Waals surface area contributed by atoms with Crippen molar-refractivity contribution in [1.29, 1.82) is 0 Å². The van der Waals surface area contributed by atoms with Gasteiger partial charge in [-0.2, -0.15) is 0 Å². The van der Waals surface area contributed by atoms with Crippen LogP contribution in [0.1, 0.15) is 11.1 Å². The van der Waals surface area contributed by atoms with Crippen LogP contribution in [-0.2, 0) is 25.4 Å². The number of anilines is 2. The van der Waals surface area contributed by atoms with Gasteiger partial charge in [0, 0.05) is 24.5 Å². The highest BCUT2D eigenvalue weighted by molar-refractivity contribution is 5.50. The quantitative estimate of drug-likeness (QED) is 0.261. The predicted molar refractivity (Wildman–Crippen MR) is 122 cm³/mol. The molecule has 2 unspecified atom stereocenters. The number of hydrogen-bond donors (Lipinski definition) is 0. The van der Waals surface area contributed by atoms with E-state index in [1.165, 1.54) is 29.3 Å². The highest BCUT2D eigenvalue weighted by atomic mass is 16.6. The zero-order valence-corrected chi connectivity index (χ0v) is 17.8. The summed E-state index contributed by atoms with van der Waals surface area (Å²) in [6.07, 6.45) is 4.46. The maximum absolute atomic E-state index is 5.42. The predicted octanol–water partition coefficient (Wildman–Crippen LogP) is 3.92. The van der Waals surface area contributed by atoms with E-state index >= 15 is 0 Å². The molecule has 2 atom stereocenters. The fourth-order valence-electron chi connectivity index (χ4n) is 3.48. The average molecular weight is 423 g/mol. The molecule has 164 valence electrons. The van der Waals surface area contributed by atoms with Gasteiger partial charge < -0.3 is 28.7 Å². The van der Waals surface area contributed by atoms with Crippen LogP contribution >= 0.6 is 0 Å². The Balaban J connectivity index is 1.36. The smallest absolute Gasteiger partial charge is 0.163 e. The third-order valence-corrected chi connectivity index (χ3v) is 5.36. The van der Waals surface area contributed by atoms with E-state index in [1.807, 2.05) is 4.90 Å². The maximum atomic E-state index is 5.42. The van der Waals surface area contributed by atoms with Crippen molar-refractivity contribution in [3.8, 4) is 0 Å². The Hall–Kier alpha value is -2.96. The van der Waals surface area contributed by atoms with Crippen LogP contribution in [0, 0.1) is 0 Å². The van der Waals surface area contributed by atoms with Crippen LogP contribution in [0.25, 0.3) is 0 Å². The minimum atomic E-state index is 0.366. The average Bonchev–Trinajstić information content (AvgIpc) is 3.72. The van der Waals surface area contributed by atoms with Crippen LogP contribution in [0.4, 0.5) is 11.4 Å². The Kier molecular flexibility index (Phi) is 7.12. The molecular formula is C25H30N2O4. The fourth-order valence-corrected chi connectivity index (χ4v) is 3.48. The second kappa shape index (κ2) is 10.4. The van der Waals surface area contributed by atoms with E-state index in [2.05, 4.69) is 66.6 Å². The molecular weight excluding hydrogens is 392 g/mol. The van der Waals surface area contributed by atoms with Gasteiger partial charge in [-0.1, -0.05) is 37.4 Å². The summed E-state index contributed by atoms with van der Waals surface area (Å²) in [5.74, 6) is 0. The lowest BCUT2D eigenvalue weighted by Crippen LogP contribution is -2.31. The minimum Gasteiger partial charge on any atom is -0.481 e. The Morgan fingerprint density at radius 3 is 1.55 bits per heavy atom. The molecule has 2 aromatic rings. The van der Waals surface area contributed by atoms with Crippen molar-refractivity contribution < 1.29 is 18.9 Å². The van der Waals surface area contributed by atoms with Gasteiger partial charge in [0.1, 0.15) is 0 Å². The summed E-state index contributed by atoms with van der Waals surface area (Å²) >= 11 is 0. The summed E-state index contributed by atoms with van der Waals surface area (Å²) in [5, 5.41) is 0. The summed E-state index contributed by atoms with van der Waals surface area (Å²) in [5.41, 5.74) is 4.78. The molecule has 2 fully saturated rings. The van der Waals surface area contributed by atoms with Crippen LogP contribution in [-0.4, -0.2) is 52.0 Å². The first-order valence-corrected chi connectivity index (χ1v) is 10.6. The van der Waals surface area contributed by atoms with Crippen molar-refractivity contribution >= 4 is 11.4 Å². The summed E-state index contributed by atoms with van der Waals surface area (Å²) < 4.78 is 21.5. The summed E-state index contributed by atoms with van der Waals surface area (Å²) in [6, 6.07) is 17.3. The van der Waals surface area contributed by atoms with Crippen LogP contribution in [0.3, 0.4) is 0 Å². The molecule has 0 aliphatic carbocycles. The number of ether oxygens (including phenoxy) is 4. The third-order valence-electron chi connectivity index (χ3n) is 5.36. The van der Waals surface area contributed by atoms with Crippen molar-refractivity contribution in [2.75, 3.05) is 49.6 Å². The van der Waals surface area contributed by atoms with E-state index < -0.39 is 0 Å². The van der Waals surface area contributed by atoms with Crippen molar-refractivity contribution in [3.05, 3.63) is 85.3 Å². The Labute approximate surface area is 184 Å². The molecule has 6 nitrogen and oxygen atoms in total. The first-order valence-electron chi connectivity index (χ1n) is 10.6. The van der Waals surface area contributed by atoms with Crippen LogP contribution in [0.15, 0.2) is 74.2 Å². The minimum absolute atomic E-state index is 0.366. The lowest BCUT2D eigenvalue weighted by atomic mass is 10.0. The molecule has 4 rings (SSSR count). The van der Waals surface area contributed by atoms with Gasteiger partial charge in [0.05, 0.1) is 37.9 Å². The van der Waals surface area contributed by atoms with E-state index in [1.54, 1.807) is 0 Å². The van der Waals surface area contributed by atoms with Gasteiger partial charge in [0.2, 0.25) is 0 Å². The maximum Gasteiger partial charge on any atom is 0.163 e. The molecule has 31 heavy (non-hydrogen) atoms. The Morgan fingerprint density at radius 1 is 0.742 bits per heavy atom. The summed E-state index contributed by atoms with van der Waals surface area (Å²) in [4.78, 5) is 4.34. The highest BCUT2D eigenvalue weighted by Crippen LogP contribution is 2.24. The fraction of sp³-hybridized carbons (Fsp3) is 0.360. The van der Waals surface area contributed by atoms with Crippen molar-refractivity contribution in [2.45, 2.75) is 18.6 Å². The van der Waals surface area contributed by atoms with Crippen LogP contribution in [0.5, 0.6) is 0 Å². The number of rotatable bonds is 14. The number of hydrogen-bond acceptors (Lipinski definition) is 6. The molecule has 6 heteroatoms. The first kappa shape index (κ1) is 21.3. The van der Waals surface area contributed by atoms with Crippen molar-refractivity contribution in [3.63, 3.8) is 0 Å². The van der Waals surface area contributed by atoms with Gasteiger partial charge in [0.15, 0.2) is 13.5 Å². The second-order valence-corrected chi connectivity index (χ2v) is 7.79. The molecule has 0 radical (unpaired) electrons. The molecule has 0 bridgehead atoms. The third kappa shape index (κ3) is 6.51. The molecule has 2 heterocycles. The molecule has 2 aliphatic heterocycles. The highest BCUT2D eigenvalue weighted by Gasteiger charge is 2.30. The van der Waals surface area contributed by atoms with Gasteiger partial charge >= 0.3 is 0 Å². The zero-order valence-electron chi connectivity index (χ0n) is 17.8. The van der Waals surface area contributed by atoms with E-state index in [4.69, 9.17) is 18.9 Å².